The van der Waals surface area contributed by atoms with Crippen molar-refractivity contribution in [1.82, 2.24) is 10.3 Å². The second-order valence-corrected chi connectivity index (χ2v) is 5.02. The van der Waals surface area contributed by atoms with E-state index in [0.717, 1.165) is 23.6 Å². The summed E-state index contributed by atoms with van der Waals surface area (Å²) in [6, 6.07) is 2.33. The van der Waals surface area contributed by atoms with Crippen molar-refractivity contribution in [2.75, 3.05) is 23.8 Å². The van der Waals surface area contributed by atoms with Crippen molar-refractivity contribution in [1.29, 1.82) is 0 Å². The summed E-state index contributed by atoms with van der Waals surface area (Å²) in [4.78, 5) is 4.18. The minimum absolute atomic E-state index is 0.309. The highest BCUT2D eigenvalue weighted by molar-refractivity contribution is 7.99. The molecule has 4 heteroatoms. The average molecular weight is 239 g/mol. The predicted octanol–water partition coefficient (Wildman–Crippen LogP) is 2.38. The van der Waals surface area contributed by atoms with Crippen LogP contribution in [0.4, 0.5) is 5.82 Å². The lowest BCUT2D eigenvalue weighted by atomic mass is 10.0. The molecule has 1 aromatic rings. The van der Waals surface area contributed by atoms with Gasteiger partial charge in [0, 0.05) is 23.6 Å². The molecule has 1 atom stereocenters. The fourth-order valence-electron chi connectivity index (χ4n) is 1.77. The summed E-state index contributed by atoms with van der Waals surface area (Å²) >= 11 is 1.92. The second-order valence-electron chi connectivity index (χ2n) is 3.70. The number of nitrogen functional groups attached to an aromatic ring is 1. The number of aromatic nitrogens is 1. The van der Waals surface area contributed by atoms with Crippen LogP contribution in [0.15, 0.2) is 12.3 Å². The van der Waals surface area contributed by atoms with E-state index in [9.17, 15) is 0 Å². The largest absolute Gasteiger partial charge is 0.383 e. The van der Waals surface area contributed by atoms with Gasteiger partial charge in [0.05, 0.1) is 0 Å². The van der Waals surface area contributed by atoms with Gasteiger partial charge in [-0.2, -0.15) is 11.8 Å². The molecule has 0 spiro atoms. The Labute approximate surface area is 102 Å². The monoisotopic (exact) mass is 239 g/mol. The van der Waals surface area contributed by atoms with Crippen molar-refractivity contribution >= 4 is 17.6 Å². The molecule has 1 heterocycles. The van der Waals surface area contributed by atoms with Crippen molar-refractivity contribution in [3.05, 3.63) is 23.4 Å². The zero-order valence-electron chi connectivity index (χ0n) is 10.3. The van der Waals surface area contributed by atoms with E-state index in [1.54, 1.807) is 6.20 Å². The maximum absolute atomic E-state index is 5.96. The molecule has 0 aliphatic carbocycles. The van der Waals surface area contributed by atoms with Gasteiger partial charge in [0.1, 0.15) is 5.82 Å². The normalized spacial score (nSPS) is 12.7. The van der Waals surface area contributed by atoms with Crippen molar-refractivity contribution in [3.8, 4) is 0 Å². The number of hydrogen-bond donors (Lipinski definition) is 2. The minimum Gasteiger partial charge on any atom is -0.383 e. The van der Waals surface area contributed by atoms with Gasteiger partial charge in [0.15, 0.2) is 0 Å². The number of nitrogens with two attached hydrogens (primary N) is 1. The third-order valence-electron chi connectivity index (χ3n) is 2.53. The first-order chi connectivity index (χ1) is 7.70. The number of aryl methyl sites for hydroxylation is 1. The Morgan fingerprint density at radius 1 is 1.50 bits per heavy atom. The smallest absolute Gasteiger partial charge is 0.128 e. The lowest BCUT2D eigenvalue weighted by molar-refractivity contribution is 0.603. The minimum atomic E-state index is 0.309. The van der Waals surface area contributed by atoms with Gasteiger partial charge in [-0.15, -0.1) is 0 Å². The number of rotatable bonds is 6. The molecule has 3 nitrogen and oxygen atoms in total. The Morgan fingerprint density at radius 3 is 2.81 bits per heavy atom. The van der Waals surface area contributed by atoms with E-state index in [-0.39, 0.29) is 0 Å². The molecule has 1 aromatic heterocycles. The fourth-order valence-corrected chi connectivity index (χ4v) is 2.53. The fraction of sp³-hybridized carbons (Fsp3) is 0.583. The Morgan fingerprint density at radius 2 is 2.25 bits per heavy atom. The number of hydrogen-bond acceptors (Lipinski definition) is 4. The zero-order chi connectivity index (χ0) is 12.0. The van der Waals surface area contributed by atoms with Crippen molar-refractivity contribution in [3.63, 3.8) is 0 Å². The first kappa shape index (κ1) is 13.3. The van der Waals surface area contributed by atoms with E-state index in [2.05, 4.69) is 31.1 Å². The molecule has 0 aliphatic heterocycles. The van der Waals surface area contributed by atoms with Crippen LogP contribution in [0.25, 0.3) is 0 Å². The Kier molecular flexibility index (Phi) is 5.63. The van der Waals surface area contributed by atoms with Crippen LogP contribution in [0.3, 0.4) is 0 Å². The SMILES string of the molecule is CCNC(CSCC)c1c(C)ccnc1N. The Hall–Kier alpha value is -0.740. The molecular weight excluding hydrogens is 218 g/mol. The van der Waals surface area contributed by atoms with Gasteiger partial charge in [-0.1, -0.05) is 13.8 Å². The summed E-state index contributed by atoms with van der Waals surface area (Å²) in [6.07, 6.45) is 1.77. The van der Waals surface area contributed by atoms with Crippen LogP contribution in [0.5, 0.6) is 0 Å². The van der Waals surface area contributed by atoms with Crippen LogP contribution in [-0.4, -0.2) is 23.0 Å². The molecule has 1 rings (SSSR count). The Bertz CT molecular complexity index is 308. The van der Waals surface area contributed by atoms with Gasteiger partial charge < -0.3 is 11.1 Å². The summed E-state index contributed by atoms with van der Waals surface area (Å²) in [5.74, 6) is 2.82. The maximum Gasteiger partial charge on any atom is 0.128 e. The number of nitrogens with one attached hydrogen (secondary N) is 1. The van der Waals surface area contributed by atoms with E-state index in [1.807, 2.05) is 17.8 Å². The molecule has 0 amide bonds. The summed E-state index contributed by atoms with van der Waals surface area (Å²) in [6.45, 7) is 7.33. The van der Waals surface area contributed by atoms with Gasteiger partial charge in [-0.25, -0.2) is 4.98 Å². The van der Waals surface area contributed by atoms with Crippen LogP contribution < -0.4 is 11.1 Å². The predicted molar refractivity (Wildman–Crippen MR) is 72.8 cm³/mol. The van der Waals surface area contributed by atoms with E-state index in [0.29, 0.717) is 11.9 Å². The molecule has 0 aromatic carbocycles. The molecule has 16 heavy (non-hydrogen) atoms. The van der Waals surface area contributed by atoms with Gasteiger partial charge in [-0.3, -0.25) is 0 Å². The third kappa shape index (κ3) is 3.39. The number of thioether (sulfide) groups is 1. The van der Waals surface area contributed by atoms with Crippen LogP contribution in [-0.2, 0) is 0 Å². The molecule has 0 aliphatic rings. The maximum atomic E-state index is 5.96. The molecule has 90 valence electrons. The van der Waals surface area contributed by atoms with Crippen molar-refractivity contribution in [2.24, 2.45) is 0 Å². The summed E-state index contributed by atoms with van der Waals surface area (Å²) in [5.41, 5.74) is 8.34. The van der Waals surface area contributed by atoms with E-state index < -0.39 is 0 Å². The summed E-state index contributed by atoms with van der Waals surface area (Å²) in [7, 11) is 0. The molecule has 0 saturated heterocycles. The van der Waals surface area contributed by atoms with Gasteiger partial charge in [0.25, 0.3) is 0 Å². The number of pyridine rings is 1. The highest BCUT2D eigenvalue weighted by atomic mass is 32.2. The first-order valence-corrected chi connectivity index (χ1v) is 6.88. The molecule has 0 radical (unpaired) electrons. The molecule has 0 bridgehead atoms. The van der Waals surface area contributed by atoms with Crippen LogP contribution in [0, 0.1) is 6.92 Å². The summed E-state index contributed by atoms with van der Waals surface area (Å²) in [5, 5.41) is 3.47. The molecule has 0 fully saturated rings. The van der Waals surface area contributed by atoms with Gasteiger partial charge >= 0.3 is 0 Å². The topological polar surface area (TPSA) is 50.9 Å². The molecule has 0 saturated carbocycles. The average Bonchev–Trinajstić information content (AvgIpc) is 2.25. The first-order valence-electron chi connectivity index (χ1n) is 5.72. The third-order valence-corrected chi connectivity index (χ3v) is 3.50. The summed E-state index contributed by atoms with van der Waals surface area (Å²) < 4.78 is 0. The van der Waals surface area contributed by atoms with Crippen LogP contribution in [0.1, 0.15) is 31.0 Å². The molecular formula is C12H21N3S. The van der Waals surface area contributed by atoms with Gasteiger partial charge in [0.2, 0.25) is 0 Å². The van der Waals surface area contributed by atoms with Crippen LogP contribution >= 0.6 is 11.8 Å². The van der Waals surface area contributed by atoms with Crippen LogP contribution in [0.2, 0.25) is 0 Å². The van der Waals surface area contributed by atoms with E-state index in [1.165, 1.54) is 5.56 Å². The second kappa shape index (κ2) is 6.76. The van der Waals surface area contributed by atoms with Crippen molar-refractivity contribution < 1.29 is 0 Å². The highest BCUT2D eigenvalue weighted by Gasteiger charge is 2.16. The number of nitrogens with zero attached hydrogens (tertiary/aromatic N) is 1. The van der Waals surface area contributed by atoms with E-state index in [4.69, 9.17) is 5.73 Å². The standard InChI is InChI=1S/C12H21N3S/c1-4-14-10(8-16-5-2)11-9(3)6-7-15-12(11)13/h6-7,10,14H,4-5,8H2,1-3H3,(H2,13,15). The Balaban J connectivity index is 2.90. The number of anilines is 1. The lowest BCUT2D eigenvalue weighted by Gasteiger charge is -2.20. The molecule has 3 N–H and O–H groups in total. The van der Waals surface area contributed by atoms with Crippen molar-refractivity contribution in [2.45, 2.75) is 26.8 Å². The van der Waals surface area contributed by atoms with Gasteiger partial charge in [-0.05, 0) is 30.9 Å². The zero-order valence-corrected chi connectivity index (χ0v) is 11.1. The lowest BCUT2D eigenvalue weighted by Crippen LogP contribution is -2.25. The highest BCUT2D eigenvalue weighted by Crippen LogP contribution is 2.25. The quantitative estimate of drug-likeness (QED) is 0.800. The molecule has 1 unspecified atom stereocenters. The van der Waals surface area contributed by atoms with E-state index >= 15 is 0 Å².